The van der Waals surface area contributed by atoms with Crippen LogP contribution in [0.25, 0.3) is 16.5 Å². The van der Waals surface area contributed by atoms with Crippen molar-refractivity contribution in [2.75, 3.05) is 26.2 Å². The molecule has 5 atom stereocenters. The lowest BCUT2D eigenvalue weighted by molar-refractivity contribution is -0.186. The summed E-state index contributed by atoms with van der Waals surface area (Å²) in [5.74, 6) is -0.354. The van der Waals surface area contributed by atoms with Gasteiger partial charge in [0.1, 0.15) is 34.2 Å². The van der Waals surface area contributed by atoms with Gasteiger partial charge in [-0.1, -0.05) is 38.0 Å². The maximum Gasteiger partial charge on any atom is 0.414 e. The van der Waals surface area contributed by atoms with Crippen LogP contribution in [0.5, 0.6) is 5.75 Å². The zero-order chi connectivity index (χ0) is 54.2. The van der Waals surface area contributed by atoms with Gasteiger partial charge in [-0.25, -0.2) is 24.2 Å². The van der Waals surface area contributed by atoms with Crippen LogP contribution in [0.1, 0.15) is 136 Å². The van der Waals surface area contributed by atoms with Crippen molar-refractivity contribution in [1.29, 1.82) is 0 Å². The highest BCUT2D eigenvalue weighted by atomic mass is 28.4. The monoisotopic (exact) mass is 1020 g/mol. The van der Waals surface area contributed by atoms with E-state index in [0.717, 1.165) is 0 Å². The Bertz CT molecular complexity index is 2010. The number of rotatable bonds is 17. The van der Waals surface area contributed by atoms with Crippen LogP contribution in [0.15, 0.2) is 40.4 Å². The fourth-order valence-corrected chi connectivity index (χ4v) is 7.52. The molecule has 1 aromatic carbocycles. The molecule has 0 aliphatic carbocycles. The zero-order valence-electron chi connectivity index (χ0n) is 45.4. The molecule has 0 unspecified atom stereocenters. The molecule has 0 saturated carbocycles. The van der Waals surface area contributed by atoms with Crippen molar-refractivity contribution in [2.45, 2.75) is 201 Å². The molecule has 22 heteroatoms. The number of ether oxygens (including phenoxy) is 6. The van der Waals surface area contributed by atoms with E-state index in [1.165, 1.54) is 6.08 Å². The first-order chi connectivity index (χ1) is 32.5. The molecule has 1 aromatic rings. The summed E-state index contributed by atoms with van der Waals surface area (Å²) < 4.78 is 41.6. The van der Waals surface area contributed by atoms with Gasteiger partial charge in [-0.3, -0.25) is 15.4 Å². The van der Waals surface area contributed by atoms with E-state index in [0.29, 0.717) is 56.8 Å². The predicted molar refractivity (Wildman–Crippen MR) is 274 cm³/mol. The number of nitrogens with zero attached hydrogens (tertiary/aromatic N) is 5. The number of azide groups is 1. The molecule has 1 heterocycles. The highest BCUT2D eigenvalue weighted by Crippen LogP contribution is 2.41. The standard InChI is InChI=1S/C49H83N9O12Si/c1-32-36(56-57-50)38(70-71(17,18)49(14,15)16)37(53-40(54-42(61)67-46(5,6)7)55-43(62)68-47(8,9)10)39(64-32)65-34-25-22-33(23-26-34)24-27-35(59)51-29-21-31-58(44(63)69-48(11,12)13)30-20-19-28-52-41(60)66-45(2,3)4/h22-27,32,36-39H,19-21,28-31H2,1-18H3,(H,51,59)(H,52,60)(H2,53,54,55,61,62)/b27-24+/t32-,36-,37-,38+,39-/m1/s1. The first-order valence-electron chi connectivity index (χ1n) is 24.1. The lowest BCUT2D eigenvalue weighted by Gasteiger charge is -2.47. The van der Waals surface area contributed by atoms with Crippen molar-refractivity contribution < 1.29 is 56.8 Å². The molecule has 1 aliphatic rings. The van der Waals surface area contributed by atoms with E-state index in [9.17, 15) is 29.5 Å². The van der Waals surface area contributed by atoms with Gasteiger partial charge in [0.2, 0.25) is 18.2 Å². The molecule has 4 N–H and O–H groups in total. The largest absolute Gasteiger partial charge is 0.462 e. The fourth-order valence-electron chi connectivity index (χ4n) is 6.21. The Labute approximate surface area is 422 Å². The van der Waals surface area contributed by atoms with E-state index in [2.05, 4.69) is 52.1 Å². The van der Waals surface area contributed by atoms with Crippen LogP contribution in [0.2, 0.25) is 18.1 Å². The fraction of sp³-hybridized carbons (Fsp3) is 0.714. The Kier molecular flexibility index (Phi) is 22.7. The minimum atomic E-state index is -2.67. The Morgan fingerprint density at radius 2 is 1.23 bits per heavy atom. The summed E-state index contributed by atoms with van der Waals surface area (Å²) in [4.78, 5) is 73.7. The summed E-state index contributed by atoms with van der Waals surface area (Å²) in [6.45, 7) is 34.2. The van der Waals surface area contributed by atoms with Crippen molar-refractivity contribution in [3.63, 3.8) is 0 Å². The molecule has 21 nitrogen and oxygen atoms in total. The maximum absolute atomic E-state index is 13.2. The predicted octanol–water partition coefficient (Wildman–Crippen LogP) is 9.71. The van der Waals surface area contributed by atoms with Crippen LogP contribution in [0, 0.1) is 0 Å². The van der Waals surface area contributed by atoms with Crippen molar-refractivity contribution >= 4 is 50.6 Å². The van der Waals surface area contributed by atoms with E-state index < -0.39 is 85.7 Å². The second-order valence-electron chi connectivity index (χ2n) is 22.7. The summed E-state index contributed by atoms with van der Waals surface area (Å²) in [5, 5.41) is 14.4. The van der Waals surface area contributed by atoms with Gasteiger partial charge < -0.3 is 48.4 Å². The Morgan fingerprint density at radius 3 is 1.73 bits per heavy atom. The summed E-state index contributed by atoms with van der Waals surface area (Å²) in [5.41, 5.74) is 7.30. The van der Waals surface area contributed by atoms with E-state index in [1.807, 2.05) is 13.1 Å². The molecule has 0 aromatic heterocycles. The number of hydrogen-bond donors (Lipinski definition) is 4. The molecule has 0 spiro atoms. The minimum absolute atomic E-state index is 0.294. The van der Waals surface area contributed by atoms with Crippen LogP contribution in [-0.4, -0.2) is 129 Å². The quantitative estimate of drug-likeness (QED) is 0.0131. The molecular formula is C49H83N9O12Si. The van der Waals surface area contributed by atoms with E-state index >= 15 is 0 Å². The van der Waals surface area contributed by atoms with Gasteiger partial charge in [-0.2, -0.15) is 0 Å². The third-order valence-electron chi connectivity index (χ3n) is 10.4. The molecule has 0 radical (unpaired) electrons. The van der Waals surface area contributed by atoms with Crippen LogP contribution in [-0.2, 0) is 32.9 Å². The normalized spacial score (nSPS) is 18.8. The van der Waals surface area contributed by atoms with Gasteiger partial charge in [0.05, 0.1) is 18.2 Å². The van der Waals surface area contributed by atoms with Crippen molar-refractivity contribution in [2.24, 2.45) is 10.1 Å². The number of carbonyl (C=O) groups excluding carboxylic acids is 5. The maximum atomic E-state index is 13.2. The Hall–Kier alpha value is -5.57. The number of hydrogen-bond acceptors (Lipinski definition) is 14. The Morgan fingerprint density at radius 1 is 0.718 bits per heavy atom. The van der Waals surface area contributed by atoms with E-state index in [-0.39, 0.29) is 16.9 Å². The topological polar surface area (TPSA) is 262 Å². The number of unbranched alkanes of at least 4 members (excludes halogenated alkanes) is 1. The third kappa shape index (κ3) is 24.4. The highest BCUT2D eigenvalue weighted by Gasteiger charge is 2.51. The average Bonchev–Trinajstić information content (AvgIpc) is 3.17. The van der Waals surface area contributed by atoms with Gasteiger partial charge in [-0.05, 0) is 157 Å². The molecule has 400 valence electrons. The minimum Gasteiger partial charge on any atom is -0.462 e. The number of nitrogens with one attached hydrogen (secondary N) is 4. The van der Waals surface area contributed by atoms with Crippen LogP contribution in [0.4, 0.5) is 19.2 Å². The number of alkyl carbamates (subject to hydrolysis) is 3. The number of aliphatic imine (C=N–C) groups is 1. The van der Waals surface area contributed by atoms with Crippen molar-refractivity contribution in [3.05, 3.63) is 46.3 Å². The number of guanidine groups is 1. The van der Waals surface area contributed by atoms with E-state index in [1.54, 1.807) is 125 Å². The molecular weight excluding hydrogens is 935 g/mol. The van der Waals surface area contributed by atoms with Crippen LogP contribution >= 0.6 is 0 Å². The SMILES string of the molecule is C[C@H]1O[C@H](Oc2ccc(/C=C/C(=O)NCCCN(CCCCNC(=O)OC(C)(C)C)C(=O)OC(C)(C)C)cc2)[C@H](N=C(NC(=O)OC(C)(C)C)NC(=O)OC(C)(C)C)[C@@H](O[Si](C)(C)C(C)(C)C)[C@@H]1N=[N+]=[N-]. The lowest BCUT2D eigenvalue weighted by atomic mass is 9.96. The number of amides is 5. The van der Waals surface area contributed by atoms with Crippen molar-refractivity contribution in [1.82, 2.24) is 26.2 Å². The Balaban J connectivity index is 2.32. The van der Waals surface area contributed by atoms with Crippen LogP contribution in [0.3, 0.4) is 0 Å². The average molecular weight is 1020 g/mol. The van der Waals surface area contributed by atoms with Gasteiger partial charge in [0.15, 0.2) is 8.32 Å². The van der Waals surface area contributed by atoms with Crippen LogP contribution < -0.4 is 26.0 Å². The van der Waals surface area contributed by atoms with Gasteiger partial charge >= 0.3 is 24.4 Å². The third-order valence-corrected chi connectivity index (χ3v) is 14.8. The van der Waals surface area contributed by atoms with Gasteiger partial charge in [0.25, 0.3) is 0 Å². The molecule has 0 bridgehead atoms. The summed E-state index contributed by atoms with van der Waals surface area (Å²) in [7, 11) is -2.67. The highest BCUT2D eigenvalue weighted by molar-refractivity contribution is 6.74. The van der Waals surface area contributed by atoms with E-state index in [4.69, 9.17) is 37.8 Å². The van der Waals surface area contributed by atoms with Crippen molar-refractivity contribution in [3.8, 4) is 5.75 Å². The first-order valence-corrected chi connectivity index (χ1v) is 27.0. The molecule has 2 rings (SSSR count). The summed E-state index contributed by atoms with van der Waals surface area (Å²) in [6, 6.07) is 4.74. The van der Waals surface area contributed by atoms with Gasteiger partial charge in [0, 0.05) is 37.2 Å². The zero-order valence-corrected chi connectivity index (χ0v) is 46.4. The summed E-state index contributed by atoms with van der Waals surface area (Å²) in [6.07, 6.45) is -1.00. The second kappa shape index (κ2) is 26.2. The number of benzene rings is 1. The molecule has 1 fully saturated rings. The molecule has 1 saturated heterocycles. The first kappa shape index (κ1) is 61.5. The summed E-state index contributed by atoms with van der Waals surface area (Å²) >= 11 is 0. The lowest BCUT2D eigenvalue weighted by Crippen LogP contribution is -2.62. The van der Waals surface area contributed by atoms with Gasteiger partial charge in [-0.15, -0.1) is 0 Å². The second-order valence-corrected chi connectivity index (χ2v) is 27.5. The molecule has 1 aliphatic heterocycles. The number of carbonyl (C=O) groups is 5. The molecule has 5 amide bonds. The molecule has 71 heavy (non-hydrogen) atoms. The smallest absolute Gasteiger partial charge is 0.414 e.